The molecule has 1 aromatic rings. The molecule has 1 amide bonds. The van der Waals surface area contributed by atoms with Crippen LogP contribution in [0, 0.1) is 0 Å². The molecule has 0 aliphatic carbocycles. The van der Waals surface area contributed by atoms with Crippen molar-refractivity contribution in [1.82, 2.24) is 4.90 Å². The molecule has 1 aromatic carbocycles. The molecule has 0 saturated heterocycles. The normalized spacial score (nSPS) is 14.5. The Hall–Kier alpha value is -1.64. The Balaban J connectivity index is 2.32. The van der Waals surface area contributed by atoms with E-state index >= 15 is 0 Å². The Labute approximate surface area is 76.0 Å². The lowest BCUT2D eigenvalue weighted by Crippen LogP contribution is -2.25. The second kappa shape index (κ2) is 3.01. The van der Waals surface area contributed by atoms with Crippen molar-refractivity contribution in [3.63, 3.8) is 0 Å². The summed E-state index contributed by atoms with van der Waals surface area (Å²) in [6, 6.07) is 7.39. The number of hydrogen-bond donors (Lipinski definition) is 0. The van der Waals surface area contributed by atoms with Crippen LogP contribution >= 0.6 is 0 Å². The first kappa shape index (κ1) is 7.98. The van der Waals surface area contributed by atoms with Crippen LogP contribution in [-0.4, -0.2) is 23.6 Å². The maximum absolute atomic E-state index is 11.5. The van der Waals surface area contributed by atoms with Gasteiger partial charge in [-0.2, -0.15) is 0 Å². The highest BCUT2D eigenvalue weighted by molar-refractivity contribution is 5.99. The van der Waals surface area contributed by atoms with Crippen molar-refractivity contribution in [3.8, 4) is 0 Å². The molecule has 2 rings (SSSR count). The first-order valence-corrected chi connectivity index (χ1v) is 4.05. The third-order valence-corrected chi connectivity index (χ3v) is 2.15. The van der Waals surface area contributed by atoms with E-state index in [4.69, 9.17) is 0 Å². The van der Waals surface area contributed by atoms with E-state index in [2.05, 4.69) is 0 Å². The Morgan fingerprint density at radius 2 is 2.15 bits per heavy atom. The fraction of sp³-hybridized carbons (Fsp3) is 0.200. The third-order valence-electron chi connectivity index (χ3n) is 2.15. The molecule has 0 bridgehead atoms. The van der Waals surface area contributed by atoms with Gasteiger partial charge in [0.1, 0.15) is 0 Å². The topological polar surface area (TPSA) is 37.4 Å². The van der Waals surface area contributed by atoms with Gasteiger partial charge in [0.2, 0.25) is 6.29 Å². The van der Waals surface area contributed by atoms with Crippen LogP contribution in [0.3, 0.4) is 0 Å². The van der Waals surface area contributed by atoms with E-state index < -0.39 is 0 Å². The second-order valence-corrected chi connectivity index (χ2v) is 2.96. The van der Waals surface area contributed by atoms with Gasteiger partial charge in [-0.1, -0.05) is 18.2 Å². The molecular formula is C10H8NO2. The largest absolute Gasteiger partial charge is 0.326 e. The van der Waals surface area contributed by atoms with Crippen molar-refractivity contribution in [2.75, 3.05) is 6.54 Å². The molecule has 0 N–H and O–H groups in total. The van der Waals surface area contributed by atoms with Crippen LogP contribution in [0.4, 0.5) is 0 Å². The summed E-state index contributed by atoms with van der Waals surface area (Å²) in [5, 5.41) is 0. The SMILES string of the molecule is O=[C]CN1Cc2ccccc2C1=O. The smallest absolute Gasteiger partial charge is 0.254 e. The maximum atomic E-state index is 11.5. The summed E-state index contributed by atoms with van der Waals surface area (Å²) in [5.74, 6) is -0.0704. The predicted octanol–water partition coefficient (Wildman–Crippen LogP) is 0.752. The van der Waals surface area contributed by atoms with Crippen LogP contribution in [0.1, 0.15) is 15.9 Å². The standard InChI is InChI=1S/C10H8NO2/c12-6-5-11-7-8-3-1-2-4-9(8)10(11)13/h1-4H,5,7H2. The summed E-state index contributed by atoms with van der Waals surface area (Å²) in [7, 11) is 0. The zero-order chi connectivity index (χ0) is 9.26. The fourth-order valence-electron chi connectivity index (χ4n) is 1.52. The van der Waals surface area contributed by atoms with Crippen molar-refractivity contribution < 1.29 is 9.59 Å². The van der Waals surface area contributed by atoms with Gasteiger partial charge in [0, 0.05) is 12.1 Å². The highest BCUT2D eigenvalue weighted by atomic mass is 16.2. The quantitative estimate of drug-likeness (QED) is 0.663. The van der Waals surface area contributed by atoms with Gasteiger partial charge < -0.3 is 4.90 Å². The molecule has 0 atom stereocenters. The minimum absolute atomic E-state index is 0.0630. The number of amides is 1. The minimum atomic E-state index is -0.0704. The van der Waals surface area contributed by atoms with Gasteiger partial charge in [-0.05, 0) is 11.6 Å². The zero-order valence-electron chi connectivity index (χ0n) is 6.99. The maximum Gasteiger partial charge on any atom is 0.254 e. The van der Waals surface area contributed by atoms with E-state index in [0.717, 1.165) is 5.56 Å². The van der Waals surface area contributed by atoms with E-state index in [0.29, 0.717) is 12.1 Å². The van der Waals surface area contributed by atoms with Gasteiger partial charge >= 0.3 is 0 Å². The summed E-state index contributed by atoms with van der Waals surface area (Å²) in [6.45, 7) is 0.595. The predicted molar refractivity (Wildman–Crippen MR) is 46.9 cm³/mol. The van der Waals surface area contributed by atoms with Crippen LogP contribution in [0.15, 0.2) is 24.3 Å². The van der Waals surface area contributed by atoms with Gasteiger partial charge in [0.25, 0.3) is 5.91 Å². The minimum Gasteiger partial charge on any atom is -0.326 e. The lowest BCUT2D eigenvalue weighted by Gasteiger charge is -2.09. The summed E-state index contributed by atoms with van der Waals surface area (Å²) in [5.41, 5.74) is 1.69. The van der Waals surface area contributed by atoms with E-state index in [1.165, 1.54) is 4.90 Å². The Kier molecular flexibility index (Phi) is 1.85. The molecule has 3 nitrogen and oxygen atoms in total. The van der Waals surface area contributed by atoms with Crippen molar-refractivity contribution in [3.05, 3.63) is 35.4 Å². The van der Waals surface area contributed by atoms with Crippen molar-refractivity contribution in [2.45, 2.75) is 6.54 Å². The molecule has 1 radical (unpaired) electrons. The van der Waals surface area contributed by atoms with Crippen LogP contribution in [-0.2, 0) is 11.3 Å². The Morgan fingerprint density at radius 3 is 2.85 bits per heavy atom. The zero-order valence-corrected chi connectivity index (χ0v) is 6.99. The van der Waals surface area contributed by atoms with Crippen LogP contribution in [0.5, 0.6) is 0 Å². The van der Waals surface area contributed by atoms with Crippen LogP contribution in [0.2, 0.25) is 0 Å². The first-order chi connectivity index (χ1) is 6.33. The molecule has 0 fully saturated rings. The summed E-state index contributed by atoms with van der Waals surface area (Å²) in [4.78, 5) is 23.2. The van der Waals surface area contributed by atoms with E-state index in [9.17, 15) is 9.59 Å². The highest BCUT2D eigenvalue weighted by Crippen LogP contribution is 2.21. The van der Waals surface area contributed by atoms with Crippen molar-refractivity contribution in [2.24, 2.45) is 0 Å². The molecular weight excluding hydrogens is 166 g/mol. The molecule has 1 aliphatic heterocycles. The van der Waals surface area contributed by atoms with E-state index in [1.807, 2.05) is 18.2 Å². The number of carbonyl (C=O) groups is 1. The molecule has 1 aliphatic rings. The summed E-state index contributed by atoms with van der Waals surface area (Å²) in [6.07, 6.45) is 1.73. The lowest BCUT2D eigenvalue weighted by atomic mass is 10.1. The second-order valence-electron chi connectivity index (χ2n) is 2.96. The van der Waals surface area contributed by atoms with Crippen molar-refractivity contribution in [1.29, 1.82) is 0 Å². The summed E-state index contributed by atoms with van der Waals surface area (Å²) >= 11 is 0. The molecule has 0 unspecified atom stereocenters. The monoisotopic (exact) mass is 174 g/mol. The Morgan fingerprint density at radius 1 is 1.38 bits per heavy atom. The number of carbonyl (C=O) groups excluding carboxylic acids is 2. The molecule has 3 heteroatoms. The van der Waals surface area contributed by atoms with Gasteiger partial charge in [0.05, 0.1) is 6.54 Å². The van der Waals surface area contributed by atoms with Gasteiger partial charge in [-0.25, -0.2) is 0 Å². The molecule has 0 aromatic heterocycles. The van der Waals surface area contributed by atoms with Gasteiger partial charge in [-0.15, -0.1) is 0 Å². The number of nitrogens with zero attached hydrogens (tertiary/aromatic N) is 1. The van der Waals surface area contributed by atoms with E-state index in [-0.39, 0.29) is 12.5 Å². The van der Waals surface area contributed by atoms with Gasteiger partial charge in [0.15, 0.2) is 0 Å². The molecule has 13 heavy (non-hydrogen) atoms. The summed E-state index contributed by atoms with van der Waals surface area (Å²) < 4.78 is 0. The number of benzene rings is 1. The molecule has 1 heterocycles. The average Bonchev–Trinajstić information content (AvgIpc) is 2.46. The molecule has 0 spiro atoms. The number of rotatable bonds is 2. The van der Waals surface area contributed by atoms with Gasteiger partial charge in [-0.3, -0.25) is 9.59 Å². The Bertz CT molecular complexity index is 360. The number of fused-ring (bicyclic) bond motifs is 1. The number of hydrogen-bond acceptors (Lipinski definition) is 2. The first-order valence-electron chi connectivity index (χ1n) is 4.05. The van der Waals surface area contributed by atoms with Crippen LogP contribution < -0.4 is 0 Å². The fourth-order valence-corrected chi connectivity index (χ4v) is 1.52. The lowest BCUT2D eigenvalue weighted by molar-refractivity contribution is 0.0800. The molecule has 0 saturated carbocycles. The average molecular weight is 174 g/mol. The highest BCUT2D eigenvalue weighted by Gasteiger charge is 2.25. The van der Waals surface area contributed by atoms with E-state index in [1.54, 1.807) is 12.4 Å². The molecule has 65 valence electrons. The third kappa shape index (κ3) is 1.22. The van der Waals surface area contributed by atoms with Crippen molar-refractivity contribution >= 4 is 12.2 Å². The van der Waals surface area contributed by atoms with Crippen LogP contribution in [0.25, 0.3) is 0 Å².